The van der Waals surface area contributed by atoms with E-state index in [0.717, 1.165) is 18.4 Å². The van der Waals surface area contributed by atoms with Gasteiger partial charge in [-0.05, 0) is 18.4 Å². The molecule has 1 N–H and O–H groups in total. The number of benzene rings is 1. The van der Waals surface area contributed by atoms with Crippen LogP contribution in [0.5, 0.6) is 0 Å². The lowest BCUT2D eigenvalue weighted by Crippen LogP contribution is -2.51. The Bertz CT molecular complexity index is 499. The van der Waals surface area contributed by atoms with Gasteiger partial charge in [-0.2, -0.15) is 0 Å². The van der Waals surface area contributed by atoms with Gasteiger partial charge in [-0.25, -0.2) is 0 Å². The Morgan fingerprint density at radius 3 is 2.74 bits per heavy atom. The minimum absolute atomic E-state index is 0.0228. The molecule has 1 aliphatic rings. The molecule has 126 valence electrons. The summed E-state index contributed by atoms with van der Waals surface area (Å²) in [5, 5.41) is 10.5. The fourth-order valence-corrected chi connectivity index (χ4v) is 3.09. The Morgan fingerprint density at radius 1 is 1.35 bits per heavy atom. The molecule has 4 atom stereocenters. The molecule has 1 saturated heterocycles. The molecule has 1 heterocycles. The fraction of sp³-hybridized carbons (Fsp3) is 0.500. The van der Waals surface area contributed by atoms with E-state index in [1.54, 1.807) is 0 Å². The van der Waals surface area contributed by atoms with Gasteiger partial charge in [0.05, 0.1) is 24.9 Å². The van der Waals surface area contributed by atoms with Crippen LogP contribution in [-0.2, 0) is 16.1 Å². The largest absolute Gasteiger partial charge is 0.392 e. The highest BCUT2D eigenvalue weighted by atomic mass is 16.5. The van der Waals surface area contributed by atoms with Crippen molar-refractivity contribution in [3.05, 3.63) is 61.2 Å². The Labute approximate surface area is 139 Å². The topological polar surface area (TPSA) is 38.7 Å². The van der Waals surface area contributed by atoms with Crippen molar-refractivity contribution in [3.63, 3.8) is 0 Å². The lowest BCUT2D eigenvalue weighted by Gasteiger charge is -2.46. The molecule has 0 aromatic heterocycles. The predicted octanol–water partition coefficient (Wildman–Crippen LogP) is 3.88. The van der Waals surface area contributed by atoms with Crippen LogP contribution in [-0.4, -0.2) is 30.0 Å². The van der Waals surface area contributed by atoms with E-state index < -0.39 is 11.5 Å². The number of hydrogen-bond donors (Lipinski definition) is 1. The van der Waals surface area contributed by atoms with Crippen molar-refractivity contribution in [2.45, 2.75) is 51.1 Å². The zero-order chi connectivity index (χ0) is 16.7. The van der Waals surface area contributed by atoms with Gasteiger partial charge in [0.2, 0.25) is 0 Å². The fourth-order valence-electron chi connectivity index (χ4n) is 3.09. The molecule has 1 aromatic rings. The first kappa shape index (κ1) is 17.9. The van der Waals surface area contributed by atoms with Crippen LogP contribution in [0.1, 0.15) is 31.7 Å². The zero-order valence-electron chi connectivity index (χ0n) is 14.0. The van der Waals surface area contributed by atoms with Crippen molar-refractivity contribution >= 4 is 0 Å². The summed E-state index contributed by atoms with van der Waals surface area (Å²) in [6.45, 7) is 10.9. The van der Waals surface area contributed by atoms with Crippen molar-refractivity contribution in [2.24, 2.45) is 5.41 Å². The SMILES string of the molecule is C=CC[C@@H]1C[C@@H](O)[C@@](C)(C=C)[C@H](CCOCc2ccccc2)O1. The number of hydrogen-bond acceptors (Lipinski definition) is 3. The summed E-state index contributed by atoms with van der Waals surface area (Å²) < 4.78 is 11.9. The average molecular weight is 316 g/mol. The monoisotopic (exact) mass is 316 g/mol. The summed E-state index contributed by atoms with van der Waals surface area (Å²) in [7, 11) is 0. The molecule has 2 rings (SSSR count). The Balaban J connectivity index is 1.89. The molecule has 1 fully saturated rings. The second-order valence-electron chi connectivity index (χ2n) is 6.42. The van der Waals surface area contributed by atoms with Crippen molar-refractivity contribution < 1.29 is 14.6 Å². The van der Waals surface area contributed by atoms with E-state index in [-0.39, 0.29) is 12.2 Å². The zero-order valence-corrected chi connectivity index (χ0v) is 14.0. The lowest BCUT2D eigenvalue weighted by molar-refractivity contribution is -0.166. The summed E-state index contributed by atoms with van der Waals surface area (Å²) in [6.07, 6.45) is 5.26. The molecule has 0 amide bonds. The van der Waals surface area contributed by atoms with E-state index >= 15 is 0 Å². The first-order valence-electron chi connectivity index (χ1n) is 8.29. The third-order valence-electron chi connectivity index (χ3n) is 4.76. The van der Waals surface area contributed by atoms with E-state index in [2.05, 4.69) is 25.3 Å². The molecule has 0 spiro atoms. The number of aliphatic hydroxyl groups excluding tert-OH is 1. The predicted molar refractivity (Wildman–Crippen MR) is 93.1 cm³/mol. The van der Waals surface area contributed by atoms with E-state index in [1.807, 2.05) is 37.3 Å². The molecule has 1 aliphatic heterocycles. The summed E-state index contributed by atoms with van der Waals surface area (Å²) in [5.41, 5.74) is 0.724. The molecule has 0 saturated carbocycles. The minimum atomic E-state index is -0.446. The Kier molecular flexibility index (Phi) is 6.58. The highest BCUT2D eigenvalue weighted by molar-refractivity contribution is 5.13. The first-order chi connectivity index (χ1) is 11.1. The van der Waals surface area contributed by atoms with Gasteiger partial charge in [0.1, 0.15) is 0 Å². The van der Waals surface area contributed by atoms with Gasteiger partial charge >= 0.3 is 0 Å². The lowest BCUT2D eigenvalue weighted by atomic mass is 9.73. The van der Waals surface area contributed by atoms with Crippen molar-refractivity contribution in [3.8, 4) is 0 Å². The van der Waals surface area contributed by atoms with Crippen LogP contribution in [0.4, 0.5) is 0 Å². The Hall–Kier alpha value is -1.42. The van der Waals surface area contributed by atoms with Crippen molar-refractivity contribution in [1.29, 1.82) is 0 Å². The highest BCUT2D eigenvalue weighted by Gasteiger charge is 2.44. The summed E-state index contributed by atoms with van der Waals surface area (Å²) in [4.78, 5) is 0. The molecule has 0 unspecified atom stereocenters. The summed E-state index contributed by atoms with van der Waals surface area (Å²) in [5.74, 6) is 0. The second-order valence-corrected chi connectivity index (χ2v) is 6.42. The number of rotatable bonds is 8. The highest BCUT2D eigenvalue weighted by Crippen LogP contribution is 2.40. The maximum Gasteiger partial charge on any atom is 0.0716 e. The normalized spacial score (nSPS) is 30.8. The van der Waals surface area contributed by atoms with Gasteiger partial charge in [0.25, 0.3) is 0 Å². The second kappa shape index (κ2) is 8.44. The van der Waals surface area contributed by atoms with Gasteiger partial charge in [-0.15, -0.1) is 13.2 Å². The summed E-state index contributed by atoms with van der Waals surface area (Å²) in [6, 6.07) is 10.1. The average Bonchev–Trinajstić information content (AvgIpc) is 2.57. The van der Waals surface area contributed by atoms with Crippen LogP contribution in [0.25, 0.3) is 0 Å². The van der Waals surface area contributed by atoms with E-state index in [9.17, 15) is 5.11 Å². The molecule has 0 aliphatic carbocycles. The van der Waals surface area contributed by atoms with Crippen LogP contribution >= 0.6 is 0 Å². The summed E-state index contributed by atoms with van der Waals surface area (Å²) >= 11 is 0. The van der Waals surface area contributed by atoms with E-state index in [0.29, 0.717) is 19.6 Å². The standard InChI is InChI=1S/C20H28O3/c1-4-9-17-14-18(21)20(3,5-2)19(23-17)12-13-22-15-16-10-7-6-8-11-16/h4-8,10-11,17-19,21H,1-2,9,12-15H2,3H3/t17-,18-,19+,20-/m1/s1. The number of aliphatic hydroxyl groups is 1. The minimum Gasteiger partial charge on any atom is -0.392 e. The van der Waals surface area contributed by atoms with Gasteiger partial charge < -0.3 is 14.6 Å². The molecule has 3 heteroatoms. The van der Waals surface area contributed by atoms with Crippen molar-refractivity contribution in [1.82, 2.24) is 0 Å². The molecule has 0 bridgehead atoms. The van der Waals surface area contributed by atoms with Crippen LogP contribution in [0.2, 0.25) is 0 Å². The smallest absolute Gasteiger partial charge is 0.0716 e. The van der Waals surface area contributed by atoms with Crippen LogP contribution in [0, 0.1) is 5.41 Å². The van der Waals surface area contributed by atoms with E-state index in [1.165, 1.54) is 0 Å². The molecular weight excluding hydrogens is 288 g/mol. The maximum absolute atomic E-state index is 10.5. The van der Waals surface area contributed by atoms with Gasteiger partial charge in [0.15, 0.2) is 0 Å². The molecule has 3 nitrogen and oxygen atoms in total. The van der Waals surface area contributed by atoms with Crippen LogP contribution in [0.3, 0.4) is 0 Å². The van der Waals surface area contributed by atoms with Crippen molar-refractivity contribution in [2.75, 3.05) is 6.61 Å². The van der Waals surface area contributed by atoms with Crippen LogP contribution < -0.4 is 0 Å². The molecule has 0 radical (unpaired) electrons. The molecular formula is C20H28O3. The quantitative estimate of drug-likeness (QED) is 0.584. The maximum atomic E-state index is 10.5. The Morgan fingerprint density at radius 2 is 2.09 bits per heavy atom. The van der Waals surface area contributed by atoms with Gasteiger partial charge in [0, 0.05) is 18.4 Å². The third-order valence-corrected chi connectivity index (χ3v) is 4.76. The third kappa shape index (κ3) is 4.54. The van der Waals surface area contributed by atoms with Crippen LogP contribution in [0.15, 0.2) is 55.6 Å². The number of ether oxygens (including phenoxy) is 2. The molecule has 1 aromatic carbocycles. The first-order valence-corrected chi connectivity index (χ1v) is 8.29. The molecule has 23 heavy (non-hydrogen) atoms. The van der Waals surface area contributed by atoms with E-state index in [4.69, 9.17) is 9.47 Å². The van der Waals surface area contributed by atoms with Gasteiger partial charge in [-0.3, -0.25) is 0 Å². The van der Waals surface area contributed by atoms with Gasteiger partial charge in [-0.1, -0.05) is 49.4 Å².